The molecule has 160 valence electrons. The number of hydrogen-bond acceptors (Lipinski definition) is 3. The lowest BCUT2D eigenvalue weighted by atomic mass is 9.93. The summed E-state index contributed by atoms with van der Waals surface area (Å²) in [6.07, 6.45) is 11.4. The normalized spacial score (nSPS) is 15.4. The second-order valence-corrected chi connectivity index (χ2v) is 7.80. The van der Waals surface area contributed by atoms with Crippen molar-refractivity contribution in [3.05, 3.63) is 144 Å². The van der Waals surface area contributed by atoms with Gasteiger partial charge >= 0.3 is 0 Å². The number of anilines is 1. The minimum absolute atomic E-state index is 0.00255. The number of carbonyl (C=O) groups is 1. The third-order valence-corrected chi connectivity index (χ3v) is 5.72. The molecule has 3 aromatic rings. The van der Waals surface area contributed by atoms with E-state index in [4.69, 9.17) is 4.74 Å². The average Bonchev–Trinajstić information content (AvgIpc) is 2.89. The molecule has 0 radical (unpaired) electrons. The molecule has 1 aliphatic heterocycles. The summed E-state index contributed by atoms with van der Waals surface area (Å²) in [6.45, 7) is 0. The molecule has 1 heterocycles. The van der Waals surface area contributed by atoms with Crippen LogP contribution in [0.3, 0.4) is 0 Å². The second-order valence-electron chi connectivity index (χ2n) is 7.80. The molecule has 0 aromatic heterocycles. The molecule has 1 aliphatic carbocycles. The van der Waals surface area contributed by atoms with Crippen LogP contribution in [0.5, 0.6) is 5.75 Å². The first-order valence-electron chi connectivity index (χ1n) is 10.9. The first kappa shape index (κ1) is 20.5. The molecule has 5 rings (SSSR count). The Balaban J connectivity index is 1.76. The van der Waals surface area contributed by atoms with Gasteiger partial charge in [-0.25, -0.2) is 0 Å². The van der Waals surface area contributed by atoms with Crippen LogP contribution in [0, 0.1) is 0 Å². The number of ether oxygens (including phenoxy) is 1. The van der Waals surface area contributed by atoms with Crippen molar-refractivity contribution >= 4 is 22.7 Å². The molecule has 0 spiro atoms. The van der Waals surface area contributed by atoms with Crippen molar-refractivity contribution in [1.29, 1.82) is 0 Å². The summed E-state index contributed by atoms with van der Waals surface area (Å²) in [4.78, 5) is 14.1. The van der Waals surface area contributed by atoms with Crippen molar-refractivity contribution in [2.45, 2.75) is 0 Å². The average molecular weight is 430 g/mol. The molecule has 0 atom stereocenters. The number of rotatable bonds is 4. The van der Waals surface area contributed by atoms with Crippen molar-refractivity contribution < 1.29 is 9.53 Å². The molecule has 33 heavy (non-hydrogen) atoms. The maximum absolute atomic E-state index is 11.8. The molecule has 0 N–H and O–H groups in total. The molecule has 0 bridgehead atoms. The van der Waals surface area contributed by atoms with Crippen LogP contribution in [0.2, 0.25) is 0 Å². The number of allylic oxidation sites excluding steroid dienone is 8. The first-order chi connectivity index (χ1) is 16.2. The summed E-state index contributed by atoms with van der Waals surface area (Å²) in [5.74, 6) is 0.802. The van der Waals surface area contributed by atoms with Gasteiger partial charge in [0.2, 0.25) is 0 Å². The molecule has 0 saturated carbocycles. The zero-order valence-corrected chi connectivity index (χ0v) is 18.3. The first-order valence-corrected chi connectivity index (χ1v) is 10.9. The number of methoxy groups -OCH3 is 1. The number of benzene rings is 3. The van der Waals surface area contributed by atoms with Gasteiger partial charge in [0.05, 0.1) is 18.5 Å². The fraction of sp³-hybridized carbons (Fsp3) is 0.0333. The molecule has 3 heteroatoms. The molecular formula is C30H23NO2. The second kappa shape index (κ2) is 9.01. The van der Waals surface area contributed by atoms with E-state index < -0.39 is 0 Å². The quantitative estimate of drug-likeness (QED) is 0.469. The van der Waals surface area contributed by atoms with E-state index in [1.165, 1.54) is 0 Å². The van der Waals surface area contributed by atoms with E-state index in [0.29, 0.717) is 0 Å². The van der Waals surface area contributed by atoms with Gasteiger partial charge in [-0.1, -0.05) is 60.7 Å². The Hall–Kier alpha value is -4.37. The number of hydrogen-bond donors (Lipinski definition) is 0. The van der Waals surface area contributed by atoms with Gasteiger partial charge in [0, 0.05) is 5.69 Å². The molecule has 3 nitrogen and oxygen atoms in total. The summed E-state index contributed by atoms with van der Waals surface area (Å²) < 4.78 is 5.38. The van der Waals surface area contributed by atoms with Gasteiger partial charge in [-0.15, -0.1) is 0 Å². The molecule has 3 aromatic carbocycles. The number of carbonyl (C=O) groups excluding carboxylic acids is 1. The minimum Gasteiger partial charge on any atom is -0.497 e. The van der Waals surface area contributed by atoms with Crippen molar-refractivity contribution in [1.82, 2.24) is 0 Å². The van der Waals surface area contributed by atoms with E-state index in [1.54, 1.807) is 19.3 Å². The van der Waals surface area contributed by atoms with Gasteiger partial charge in [-0.2, -0.15) is 0 Å². The van der Waals surface area contributed by atoms with Crippen LogP contribution in [0.15, 0.2) is 133 Å². The molecule has 0 saturated heterocycles. The predicted molar refractivity (Wildman–Crippen MR) is 135 cm³/mol. The Kier molecular flexibility index (Phi) is 5.61. The van der Waals surface area contributed by atoms with Crippen molar-refractivity contribution in [3.8, 4) is 5.75 Å². The van der Waals surface area contributed by atoms with E-state index in [9.17, 15) is 4.79 Å². The summed E-state index contributed by atoms with van der Waals surface area (Å²) >= 11 is 0. The predicted octanol–water partition coefficient (Wildman–Crippen LogP) is 6.59. The maximum Gasteiger partial charge on any atom is 0.178 e. The lowest BCUT2D eigenvalue weighted by Gasteiger charge is -2.34. The zero-order valence-electron chi connectivity index (χ0n) is 18.3. The topological polar surface area (TPSA) is 29.5 Å². The highest BCUT2D eigenvalue weighted by Gasteiger charge is 2.24. The van der Waals surface area contributed by atoms with Gasteiger partial charge in [0.25, 0.3) is 0 Å². The summed E-state index contributed by atoms with van der Waals surface area (Å²) in [7, 11) is 1.67. The van der Waals surface area contributed by atoms with Crippen LogP contribution < -0.4 is 9.64 Å². The SMILES string of the molecule is COc1ccc(N2C(c3ccccc3)=CC(c3ccccc3)=CC2=C2C=CC(=O)C=C2)cc1. The Morgan fingerprint density at radius 1 is 0.667 bits per heavy atom. The largest absolute Gasteiger partial charge is 0.497 e. The van der Waals surface area contributed by atoms with Crippen molar-refractivity contribution in [2.24, 2.45) is 0 Å². The van der Waals surface area contributed by atoms with Crippen LogP contribution in [-0.4, -0.2) is 12.9 Å². The lowest BCUT2D eigenvalue weighted by Crippen LogP contribution is -2.24. The van der Waals surface area contributed by atoms with E-state index in [-0.39, 0.29) is 5.78 Å². The van der Waals surface area contributed by atoms with Gasteiger partial charge in [-0.05, 0) is 83.0 Å². The smallest absolute Gasteiger partial charge is 0.178 e. The highest BCUT2D eigenvalue weighted by Crippen LogP contribution is 2.40. The molecule has 2 aliphatic rings. The van der Waals surface area contributed by atoms with Crippen LogP contribution in [0.25, 0.3) is 11.3 Å². The fourth-order valence-corrected chi connectivity index (χ4v) is 4.06. The van der Waals surface area contributed by atoms with Crippen LogP contribution in [0.1, 0.15) is 11.1 Å². The molecule has 0 unspecified atom stereocenters. The molecule has 0 fully saturated rings. The van der Waals surface area contributed by atoms with Gasteiger partial charge < -0.3 is 9.64 Å². The fourth-order valence-electron chi connectivity index (χ4n) is 4.06. The monoisotopic (exact) mass is 429 g/mol. The summed E-state index contributed by atoms with van der Waals surface area (Å²) in [5.41, 5.74) is 7.39. The van der Waals surface area contributed by atoms with Gasteiger partial charge in [0.15, 0.2) is 5.78 Å². The Morgan fingerprint density at radius 2 is 1.27 bits per heavy atom. The highest BCUT2D eigenvalue weighted by molar-refractivity contribution is 6.02. The lowest BCUT2D eigenvalue weighted by molar-refractivity contribution is -0.110. The molecular weight excluding hydrogens is 406 g/mol. The Morgan fingerprint density at radius 3 is 1.88 bits per heavy atom. The third kappa shape index (κ3) is 4.21. The van der Waals surface area contributed by atoms with E-state index in [0.717, 1.165) is 45.1 Å². The van der Waals surface area contributed by atoms with Crippen LogP contribution >= 0.6 is 0 Å². The highest BCUT2D eigenvalue weighted by atomic mass is 16.5. The summed E-state index contributed by atoms with van der Waals surface area (Å²) in [5, 5.41) is 0. The minimum atomic E-state index is -0.00255. The van der Waals surface area contributed by atoms with Gasteiger partial charge in [0.1, 0.15) is 5.75 Å². The van der Waals surface area contributed by atoms with Crippen LogP contribution in [-0.2, 0) is 4.79 Å². The third-order valence-electron chi connectivity index (χ3n) is 5.72. The maximum atomic E-state index is 11.8. The van der Waals surface area contributed by atoms with E-state index >= 15 is 0 Å². The Labute approximate surface area is 194 Å². The number of ketones is 1. The van der Waals surface area contributed by atoms with E-state index in [1.807, 2.05) is 48.6 Å². The van der Waals surface area contributed by atoms with E-state index in [2.05, 4.69) is 65.6 Å². The Bertz CT molecular complexity index is 1310. The zero-order chi connectivity index (χ0) is 22.6. The van der Waals surface area contributed by atoms with Crippen molar-refractivity contribution in [3.63, 3.8) is 0 Å². The standard InChI is InChI=1S/C30H23NO2/c1-33-28-18-14-26(15-19-28)31-29(23-10-6-3-7-11-23)20-25(22-8-4-2-5-9-22)21-30(31)24-12-16-27(32)17-13-24/h2-21H,1H3. The summed E-state index contributed by atoms with van der Waals surface area (Å²) in [6, 6.07) is 28.8. The number of nitrogens with zero attached hydrogens (tertiary/aromatic N) is 1. The van der Waals surface area contributed by atoms with Crippen molar-refractivity contribution in [2.75, 3.05) is 12.0 Å². The molecule has 0 amide bonds. The van der Waals surface area contributed by atoms with Gasteiger partial charge in [-0.3, -0.25) is 4.79 Å². The van der Waals surface area contributed by atoms with Crippen LogP contribution in [0.4, 0.5) is 5.69 Å².